The van der Waals surface area contributed by atoms with Gasteiger partial charge in [0.15, 0.2) is 6.10 Å². The molecular weight excluding hydrogens is 753 g/mol. The Bertz CT molecular complexity index is 1060. The maximum Gasteiger partial charge on any atom is 0.306 e. The molecule has 0 aromatic rings. The maximum absolute atomic E-state index is 12.2. The largest absolute Gasteiger partial charge is 0.462 e. The van der Waals surface area contributed by atoms with Crippen LogP contribution in [0.25, 0.3) is 0 Å². The number of esters is 2. The van der Waals surface area contributed by atoms with E-state index in [2.05, 4.69) is 74.6 Å². The molecule has 61 heavy (non-hydrogen) atoms. The lowest BCUT2D eigenvalue weighted by Crippen LogP contribution is -2.28. The fourth-order valence-corrected chi connectivity index (χ4v) is 7.65. The third-order valence-corrected chi connectivity index (χ3v) is 11.6. The van der Waals surface area contributed by atoms with Crippen LogP contribution in [0.5, 0.6) is 0 Å². The van der Waals surface area contributed by atoms with E-state index in [9.17, 15) is 14.7 Å². The number of hydrogen-bond acceptors (Lipinski definition) is 5. The van der Waals surface area contributed by atoms with E-state index >= 15 is 0 Å². The van der Waals surface area contributed by atoms with E-state index in [0.717, 1.165) is 57.8 Å². The van der Waals surface area contributed by atoms with Crippen LogP contribution in [-0.4, -0.2) is 36.4 Å². The number of carbonyl (C=O) groups excluding carboxylic acids is 2. The molecule has 0 aromatic carbocycles. The van der Waals surface area contributed by atoms with Crippen molar-refractivity contribution in [1.29, 1.82) is 0 Å². The lowest BCUT2D eigenvalue weighted by Gasteiger charge is -2.15. The lowest BCUT2D eigenvalue weighted by atomic mass is 10.0. The van der Waals surface area contributed by atoms with E-state index in [-0.39, 0.29) is 31.6 Å². The Balaban J connectivity index is 3.47. The molecule has 1 atom stereocenters. The molecule has 0 saturated carbocycles. The van der Waals surface area contributed by atoms with Crippen molar-refractivity contribution >= 4 is 11.9 Å². The second kappa shape index (κ2) is 51.9. The molecule has 0 saturated heterocycles. The van der Waals surface area contributed by atoms with Crippen molar-refractivity contribution in [3.05, 3.63) is 60.8 Å². The van der Waals surface area contributed by atoms with Gasteiger partial charge < -0.3 is 14.6 Å². The SMILES string of the molecule is CC/C=C\C/C=C\C/C=C\C/C=C\C/C=C\CCCC(=O)OC(CO)COC(=O)CCCCCCCCCCCCCCCCCCCCCCCCCCCCCCCC. The number of carbonyl (C=O) groups is 2. The second-order valence-corrected chi connectivity index (χ2v) is 17.6. The second-order valence-electron chi connectivity index (χ2n) is 17.6. The number of ether oxygens (including phenoxy) is 2. The van der Waals surface area contributed by atoms with Crippen molar-refractivity contribution in [2.75, 3.05) is 13.2 Å². The van der Waals surface area contributed by atoms with E-state index < -0.39 is 6.10 Å². The van der Waals surface area contributed by atoms with Gasteiger partial charge in [-0.3, -0.25) is 9.59 Å². The highest BCUT2D eigenvalue weighted by molar-refractivity contribution is 5.70. The van der Waals surface area contributed by atoms with Gasteiger partial charge in [-0.05, 0) is 51.4 Å². The van der Waals surface area contributed by atoms with E-state index in [4.69, 9.17) is 9.47 Å². The molecule has 0 amide bonds. The van der Waals surface area contributed by atoms with Crippen LogP contribution in [0.3, 0.4) is 0 Å². The minimum atomic E-state index is -0.802. The molecular formula is C56H100O5. The summed E-state index contributed by atoms with van der Waals surface area (Å²) in [4.78, 5) is 24.4. The van der Waals surface area contributed by atoms with Gasteiger partial charge in [0.1, 0.15) is 6.61 Å². The van der Waals surface area contributed by atoms with E-state index in [1.165, 1.54) is 173 Å². The van der Waals surface area contributed by atoms with Gasteiger partial charge >= 0.3 is 11.9 Å². The highest BCUT2D eigenvalue weighted by atomic mass is 16.6. The average molecular weight is 853 g/mol. The Kier molecular flexibility index (Phi) is 49.9. The number of hydrogen-bond donors (Lipinski definition) is 1. The highest BCUT2D eigenvalue weighted by Crippen LogP contribution is 2.17. The standard InChI is InChI=1S/C56H100O5/c1-3-5-7-9-11-13-15-17-19-21-22-23-24-25-26-27-28-29-30-31-32-33-35-36-38-40-42-44-46-48-50-55(58)60-53-54(52-57)61-56(59)51-49-47-45-43-41-39-37-34-20-18-16-14-12-10-8-6-4-2/h6,8,12,14,18,20,37,39,43,45,54,57H,3-5,7,9-11,13,15-17,19,21-36,38,40-42,44,46-53H2,1-2H3/b8-6-,14-12-,20-18-,39-37-,45-43-. The molecule has 0 fully saturated rings. The van der Waals surface area contributed by atoms with Gasteiger partial charge in [-0.2, -0.15) is 0 Å². The summed E-state index contributed by atoms with van der Waals surface area (Å²) in [5, 5.41) is 9.60. The zero-order chi connectivity index (χ0) is 44.2. The Morgan fingerprint density at radius 3 is 1.05 bits per heavy atom. The molecule has 0 bridgehead atoms. The molecule has 5 nitrogen and oxygen atoms in total. The van der Waals surface area contributed by atoms with Gasteiger partial charge in [0.25, 0.3) is 0 Å². The smallest absolute Gasteiger partial charge is 0.306 e. The first-order valence-corrected chi connectivity index (χ1v) is 26.3. The van der Waals surface area contributed by atoms with Gasteiger partial charge in [-0.1, -0.05) is 261 Å². The average Bonchev–Trinajstić information content (AvgIpc) is 3.26. The maximum atomic E-state index is 12.2. The summed E-state index contributed by atoms with van der Waals surface area (Å²) in [6.07, 6.45) is 69.2. The predicted octanol–water partition coefficient (Wildman–Crippen LogP) is 17.5. The van der Waals surface area contributed by atoms with E-state index in [0.29, 0.717) is 12.8 Å². The number of unbranched alkanes of at least 4 members (excludes halogenated alkanes) is 30. The molecule has 0 spiro atoms. The Morgan fingerprint density at radius 1 is 0.393 bits per heavy atom. The van der Waals surface area contributed by atoms with Crippen molar-refractivity contribution in [3.8, 4) is 0 Å². The van der Waals surface area contributed by atoms with Crippen molar-refractivity contribution < 1.29 is 24.2 Å². The first-order valence-electron chi connectivity index (χ1n) is 26.3. The van der Waals surface area contributed by atoms with Crippen LogP contribution in [0.2, 0.25) is 0 Å². The molecule has 0 radical (unpaired) electrons. The van der Waals surface area contributed by atoms with Crippen molar-refractivity contribution in [1.82, 2.24) is 0 Å². The fourth-order valence-electron chi connectivity index (χ4n) is 7.65. The Morgan fingerprint density at radius 2 is 0.705 bits per heavy atom. The normalized spacial score (nSPS) is 12.6. The molecule has 1 N–H and O–H groups in total. The van der Waals surface area contributed by atoms with Gasteiger partial charge in [0, 0.05) is 12.8 Å². The summed E-state index contributed by atoms with van der Waals surface area (Å²) in [5.41, 5.74) is 0. The van der Waals surface area contributed by atoms with Crippen molar-refractivity contribution in [2.45, 2.75) is 270 Å². The molecule has 0 heterocycles. The zero-order valence-corrected chi connectivity index (χ0v) is 40.4. The zero-order valence-electron chi connectivity index (χ0n) is 40.4. The third-order valence-electron chi connectivity index (χ3n) is 11.6. The van der Waals surface area contributed by atoms with Crippen molar-refractivity contribution in [3.63, 3.8) is 0 Å². The molecule has 5 heteroatoms. The Labute approximate surface area is 379 Å². The summed E-state index contributed by atoms with van der Waals surface area (Å²) in [5.74, 6) is -0.651. The summed E-state index contributed by atoms with van der Waals surface area (Å²) < 4.78 is 10.6. The topological polar surface area (TPSA) is 72.8 Å². The van der Waals surface area contributed by atoms with Gasteiger partial charge in [-0.25, -0.2) is 0 Å². The summed E-state index contributed by atoms with van der Waals surface area (Å²) >= 11 is 0. The van der Waals surface area contributed by atoms with Crippen LogP contribution in [0.1, 0.15) is 264 Å². The highest BCUT2D eigenvalue weighted by Gasteiger charge is 2.16. The van der Waals surface area contributed by atoms with E-state index in [1.807, 2.05) is 0 Å². The van der Waals surface area contributed by atoms with Crippen LogP contribution >= 0.6 is 0 Å². The van der Waals surface area contributed by atoms with Crippen LogP contribution in [-0.2, 0) is 19.1 Å². The molecule has 0 aliphatic heterocycles. The summed E-state index contributed by atoms with van der Waals surface area (Å²) in [7, 11) is 0. The summed E-state index contributed by atoms with van der Waals surface area (Å²) in [6, 6.07) is 0. The quantitative estimate of drug-likeness (QED) is 0.0375. The first-order chi connectivity index (χ1) is 30.1. The Hall–Kier alpha value is -2.40. The summed E-state index contributed by atoms with van der Waals surface area (Å²) in [6.45, 7) is 4.00. The minimum absolute atomic E-state index is 0.0879. The van der Waals surface area contributed by atoms with Crippen LogP contribution in [0.4, 0.5) is 0 Å². The molecule has 1 unspecified atom stereocenters. The van der Waals surface area contributed by atoms with E-state index in [1.54, 1.807) is 0 Å². The predicted molar refractivity (Wildman–Crippen MR) is 265 cm³/mol. The number of rotatable bonds is 48. The molecule has 354 valence electrons. The van der Waals surface area contributed by atoms with Crippen LogP contribution in [0, 0.1) is 0 Å². The molecule has 0 aromatic heterocycles. The molecule has 0 rings (SSSR count). The van der Waals surface area contributed by atoms with Crippen molar-refractivity contribution in [2.24, 2.45) is 0 Å². The van der Waals surface area contributed by atoms with Gasteiger partial charge in [0.2, 0.25) is 0 Å². The van der Waals surface area contributed by atoms with Gasteiger partial charge in [0.05, 0.1) is 6.61 Å². The van der Waals surface area contributed by atoms with Crippen LogP contribution in [0.15, 0.2) is 60.8 Å². The lowest BCUT2D eigenvalue weighted by molar-refractivity contribution is -0.161. The number of allylic oxidation sites excluding steroid dienone is 10. The molecule has 0 aliphatic rings. The first kappa shape index (κ1) is 58.6. The van der Waals surface area contributed by atoms with Crippen LogP contribution < -0.4 is 0 Å². The fraction of sp³-hybridized carbons (Fsp3) is 0.786. The van der Waals surface area contributed by atoms with Gasteiger partial charge in [-0.15, -0.1) is 0 Å². The molecule has 0 aliphatic carbocycles. The number of aliphatic hydroxyl groups excluding tert-OH is 1. The minimum Gasteiger partial charge on any atom is -0.462 e. The third kappa shape index (κ3) is 50.1. The monoisotopic (exact) mass is 853 g/mol. The number of aliphatic hydroxyl groups is 1.